The number of ketones is 2. The van der Waals surface area contributed by atoms with Crippen LogP contribution < -0.4 is 4.74 Å². The van der Waals surface area contributed by atoms with Crippen LogP contribution in [0.5, 0.6) is 11.5 Å². The largest absolute Gasteiger partial charge is 0.504 e. The Morgan fingerprint density at radius 2 is 1.72 bits per heavy atom. The molecule has 4 nitrogen and oxygen atoms in total. The number of allylic oxidation sites excluding steroid dienone is 1. The summed E-state index contributed by atoms with van der Waals surface area (Å²) in [5.74, 6) is 0.509. The number of hydrogen-bond acceptors (Lipinski definition) is 4. The van der Waals surface area contributed by atoms with Gasteiger partial charge in [-0.2, -0.15) is 0 Å². The van der Waals surface area contributed by atoms with Crippen molar-refractivity contribution in [1.82, 2.24) is 0 Å². The molecule has 0 radical (unpaired) electrons. The molecule has 0 saturated heterocycles. The minimum Gasteiger partial charge on any atom is -0.504 e. The molecule has 1 N–H and O–H groups in total. The van der Waals surface area contributed by atoms with Crippen molar-refractivity contribution in [3.05, 3.63) is 76.4 Å². The molecular formula is C32H36O4. The van der Waals surface area contributed by atoms with E-state index >= 15 is 0 Å². The molecule has 0 aliphatic heterocycles. The molecular weight excluding hydrogens is 448 g/mol. The average molecular weight is 485 g/mol. The predicted octanol–water partition coefficient (Wildman–Crippen LogP) is 7.36. The van der Waals surface area contributed by atoms with Gasteiger partial charge in [0.1, 0.15) is 5.78 Å². The molecule has 0 bridgehead atoms. The third-order valence-electron chi connectivity index (χ3n) is 7.18. The molecule has 36 heavy (non-hydrogen) atoms. The zero-order valence-electron chi connectivity index (χ0n) is 21.4. The quantitative estimate of drug-likeness (QED) is 0.215. The summed E-state index contributed by atoms with van der Waals surface area (Å²) in [4.78, 5) is 25.3. The van der Waals surface area contributed by atoms with Gasteiger partial charge in [0.2, 0.25) is 0 Å². The first-order valence-corrected chi connectivity index (χ1v) is 13.1. The van der Waals surface area contributed by atoms with Crippen LogP contribution in [0.1, 0.15) is 80.5 Å². The SMILES string of the molecule is CCCCCCCC(=O)CC(=O)C1=Cc2cc(OC)c(O)c(Cc3ccc4ccccc4c3)c2CC1. The lowest BCUT2D eigenvalue weighted by atomic mass is 9.84. The summed E-state index contributed by atoms with van der Waals surface area (Å²) in [5, 5.41) is 13.3. The molecule has 0 aromatic heterocycles. The molecule has 4 heteroatoms. The number of carbonyl (C=O) groups excluding carboxylic acids is 2. The van der Waals surface area contributed by atoms with Gasteiger partial charge in [-0.15, -0.1) is 0 Å². The van der Waals surface area contributed by atoms with Crippen LogP contribution in [-0.2, 0) is 22.4 Å². The van der Waals surface area contributed by atoms with Gasteiger partial charge in [-0.05, 0) is 64.4 Å². The number of fused-ring (bicyclic) bond motifs is 2. The van der Waals surface area contributed by atoms with Crippen LogP contribution in [0.25, 0.3) is 16.8 Å². The van der Waals surface area contributed by atoms with E-state index in [1.807, 2.05) is 18.2 Å². The Balaban J connectivity index is 1.53. The van der Waals surface area contributed by atoms with Crippen molar-refractivity contribution in [2.45, 2.75) is 71.1 Å². The van der Waals surface area contributed by atoms with Crippen molar-refractivity contribution in [3.63, 3.8) is 0 Å². The molecule has 0 amide bonds. The van der Waals surface area contributed by atoms with E-state index in [1.165, 1.54) is 18.2 Å². The summed E-state index contributed by atoms with van der Waals surface area (Å²) in [6, 6.07) is 16.4. The Morgan fingerprint density at radius 1 is 0.944 bits per heavy atom. The maximum absolute atomic E-state index is 12.9. The lowest BCUT2D eigenvalue weighted by Gasteiger charge is -2.22. The summed E-state index contributed by atoms with van der Waals surface area (Å²) in [6.07, 6.45) is 9.59. The van der Waals surface area contributed by atoms with Gasteiger partial charge in [-0.3, -0.25) is 9.59 Å². The molecule has 0 saturated carbocycles. The summed E-state index contributed by atoms with van der Waals surface area (Å²) in [5.41, 5.74) is 4.56. The van der Waals surface area contributed by atoms with E-state index in [0.29, 0.717) is 37.0 Å². The first-order chi connectivity index (χ1) is 17.5. The molecule has 0 heterocycles. The summed E-state index contributed by atoms with van der Waals surface area (Å²) < 4.78 is 5.47. The molecule has 1 aliphatic carbocycles. The smallest absolute Gasteiger partial charge is 0.166 e. The van der Waals surface area contributed by atoms with Crippen LogP contribution in [0.4, 0.5) is 0 Å². The minimum atomic E-state index is -0.0812. The molecule has 0 spiro atoms. The second-order valence-electron chi connectivity index (χ2n) is 9.80. The van der Waals surface area contributed by atoms with E-state index in [0.717, 1.165) is 46.9 Å². The molecule has 3 aromatic carbocycles. The fourth-order valence-corrected chi connectivity index (χ4v) is 5.13. The number of carbonyl (C=O) groups is 2. The van der Waals surface area contributed by atoms with Crippen molar-refractivity contribution in [1.29, 1.82) is 0 Å². The van der Waals surface area contributed by atoms with Gasteiger partial charge in [0.25, 0.3) is 0 Å². The highest BCUT2D eigenvalue weighted by Crippen LogP contribution is 2.40. The van der Waals surface area contributed by atoms with Gasteiger partial charge in [-0.1, -0.05) is 75.1 Å². The molecule has 0 unspecified atom stereocenters. The number of hydrogen-bond donors (Lipinski definition) is 1. The Kier molecular flexibility index (Phi) is 8.58. The van der Waals surface area contributed by atoms with Crippen molar-refractivity contribution >= 4 is 28.4 Å². The highest BCUT2D eigenvalue weighted by atomic mass is 16.5. The molecule has 0 atom stereocenters. The average Bonchev–Trinajstić information content (AvgIpc) is 2.89. The maximum atomic E-state index is 12.9. The van der Waals surface area contributed by atoms with Gasteiger partial charge in [0, 0.05) is 18.4 Å². The van der Waals surface area contributed by atoms with E-state index in [-0.39, 0.29) is 23.7 Å². The van der Waals surface area contributed by atoms with E-state index in [9.17, 15) is 14.7 Å². The number of aromatic hydroxyl groups is 1. The van der Waals surface area contributed by atoms with Crippen LogP contribution in [0, 0.1) is 0 Å². The fourth-order valence-electron chi connectivity index (χ4n) is 5.13. The second-order valence-corrected chi connectivity index (χ2v) is 9.80. The standard InChI is InChI=1S/C32H36O4/c1-3-4-5-6-7-12-27(33)21-30(34)25-15-16-28-26(19-25)20-31(36-2)32(35)29(28)18-22-13-14-23-10-8-9-11-24(23)17-22/h8-11,13-14,17,19-20,35H,3-7,12,15-16,18,21H2,1-2H3. The van der Waals surface area contributed by atoms with Crippen LogP contribution >= 0.6 is 0 Å². The summed E-state index contributed by atoms with van der Waals surface area (Å²) in [7, 11) is 1.54. The molecule has 3 aromatic rings. The van der Waals surface area contributed by atoms with Crippen LogP contribution in [-0.4, -0.2) is 23.8 Å². The normalized spacial score (nSPS) is 12.8. The van der Waals surface area contributed by atoms with Crippen molar-refractivity contribution < 1.29 is 19.4 Å². The monoisotopic (exact) mass is 484 g/mol. The third kappa shape index (κ3) is 6.04. The van der Waals surface area contributed by atoms with Crippen LogP contribution in [0.2, 0.25) is 0 Å². The zero-order valence-corrected chi connectivity index (χ0v) is 21.4. The van der Waals surface area contributed by atoms with E-state index in [1.54, 1.807) is 13.2 Å². The zero-order chi connectivity index (χ0) is 25.5. The van der Waals surface area contributed by atoms with E-state index in [4.69, 9.17) is 4.74 Å². The van der Waals surface area contributed by atoms with Gasteiger partial charge >= 0.3 is 0 Å². The van der Waals surface area contributed by atoms with Gasteiger partial charge in [-0.25, -0.2) is 0 Å². The molecule has 1 aliphatic rings. The summed E-state index contributed by atoms with van der Waals surface area (Å²) in [6.45, 7) is 2.17. The number of phenolic OH excluding ortho intramolecular Hbond substituents is 1. The van der Waals surface area contributed by atoms with Gasteiger partial charge in [0.05, 0.1) is 13.5 Å². The van der Waals surface area contributed by atoms with Crippen LogP contribution in [0.15, 0.2) is 54.1 Å². The Bertz CT molecular complexity index is 1280. The number of unbranched alkanes of at least 4 members (excludes halogenated alkanes) is 4. The van der Waals surface area contributed by atoms with E-state index < -0.39 is 0 Å². The van der Waals surface area contributed by atoms with E-state index in [2.05, 4.69) is 37.3 Å². The first-order valence-electron chi connectivity index (χ1n) is 13.1. The lowest BCUT2D eigenvalue weighted by Crippen LogP contribution is -2.14. The Morgan fingerprint density at radius 3 is 2.50 bits per heavy atom. The number of methoxy groups -OCH3 is 1. The maximum Gasteiger partial charge on any atom is 0.166 e. The number of benzene rings is 3. The third-order valence-corrected chi connectivity index (χ3v) is 7.18. The van der Waals surface area contributed by atoms with Gasteiger partial charge < -0.3 is 9.84 Å². The van der Waals surface area contributed by atoms with Crippen molar-refractivity contribution in [2.75, 3.05) is 7.11 Å². The Hall–Kier alpha value is -3.40. The number of Topliss-reactive ketones (excluding diaryl/α,β-unsaturated/α-hetero) is 2. The summed E-state index contributed by atoms with van der Waals surface area (Å²) >= 11 is 0. The molecule has 4 rings (SSSR count). The number of ether oxygens (including phenoxy) is 1. The first kappa shape index (κ1) is 25.7. The molecule has 0 fully saturated rings. The second kappa shape index (κ2) is 12.0. The minimum absolute atomic E-state index is 0.0197. The van der Waals surface area contributed by atoms with Crippen molar-refractivity contribution in [3.8, 4) is 11.5 Å². The van der Waals surface area contributed by atoms with Crippen molar-refractivity contribution in [2.24, 2.45) is 0 Å². The van der Waals surface area contributed by atoms with Gasteiger partial charge in [0.15, 0.2) is 17.3 Å². The predicted molar refractivity (Wildman–Crippen MR) is 146 cm³/mol. The Labute approximate surface area is 214 Å². The number of phenols is 1. The highest BCUT2D eigenvalue weighted by Gasteiger charge is 2.24. The highest BCUT2D eigenvalue weighted by molar-refractivity contribution is 6.10. The number of rotatable bonds is 12. The molecule has 188 valence electrons. The van der Waals surface area contributed by atoms with Crippen LogP contribution in [0.3, 0.4) is 0 Å². The lowest BCUT2D eigenvalue weighted by molar-refractivity contribution is -0.125. The fraction of sp³-hybridized carbons (Fsp3) is 0.375. The topological polar surface area (TPSA) is 63.6 Å².